The van der Waals surface area contributed by atoms with Crippen molar-refractivity contribution in [2.24, 2.45) is 0 Å². The summed E-state index contributed by atoms with van der Waals surface area (Å²) in [5, 5.41) is 2.08. The number of rotatable bonds is 6. The molecule has 2 aromatic rings. The van der Waals surface area contributed by atoms with Crippen molar-refractivity contribution in [3.05, 3.63) is 57.6 Å². The van der Waals surface area contributed by atoms with Gasteiger partial charge in [-0.1, -0.05) is 18.2 Å². The summed E-state index contributed by atoms with van der Waals surface area (Å²) in [6.45, 7) is 14.1. The van der Waals surface area contributed by atoms with Crippen LogP contribution in [0.25, 0.3) is 0 Å². The van der Waals surface area contributed by atoms with E-state index in [9.17, 15) is 4.79 Å². The van der Waals surface area contributed by atoms with Crippen LogP contribution in [0.2, 0.25) is 0 Å². The molecule has 2 rings (SSSR count). The van der Waals surface area contributed by atoms with Gasteiger partial charge < -0.3 is 9.47 Å². The predicted molar refractivity (Wildman–Crippen MR) is 93.7 cm³/mol. The van der Waals surface area contributed by atoms with Crippen LogP contribution in [-0.4, -0.2) is 28.5 Å². The van der Waals surface area contributed by atoms with Crippen molar-refractivity contribution in [2.45, 2.75) is 34.2 Å². The number of aryl methyl sites for hydroxylation is 1. The molecule has 22 heavy (non-hydrogen) atoms. The molecule has 0 N–H and O–H groups in total. The van der Waals surface area contributed by atoms with E-state index in [1.54, 1.807) is 11.3 Å². The van der Waals surface area contributed by atoms with Crippen LogP contribution in [0.15, 0.2) is 35.7 Å². The van der Waals surface area contributed by atoms with E-state index in [4.69, 9.17) is 0 Å². The fourth-order valence-corrected chi connectivity index (χ4v) is 3.34. The van der Waals surface area contributed by atoms with Crippen molar-refractivity contribution < 1.29 is 4.79 Å². The van der Waals surface area contributed by atoms with Crippen LogP contribution in [0, 0.1) is 13.8 Å². The molecule has 4 heteroatoms. The van der Waals surface area contributed by atoms with Gasteiger partial charge in [0.15, 0.2) is 0 Å². The summed E-state index contributed by atoms with van der Waals surface area (Å²) < 4.78 is 2.22. The van der Waals surface area contributed by atoms with Gasteiger partial charge >= 0.3 is 0 Å². The van der Waals surface area contributed by atoms with E-state index in [0.29, 0.717) is 13.1 Å². The predicted octanol–water partition coefficient (Wildman–Crippen LogP) is 4.25. The third kappa shape index (κ3) is 3.50. The quantitative estimate of drug-likeness (QED) is 0.731. The van der Waals surface area contributed by atoms with Crippen molar-refractivity contribution in [3.8, 4) is 0 Å². The molecule has 0 bridgehead atoms. The van der Waals surface area contributed by atoms with Gasteiger partial charge in [-0.2, -0.15) is 0 Å². The maximum atomic E-state index is 12.8. The van der Waals surface area contributed by atoms with Gasteiger partial charge in [-0.15, -0.1) is 11.3 Å². The average molecular weight is 316 g/mol. The molecule has 2 heterocycles. The van der Waals surface area contributed by atoms with Crippen molar-refractivity contribution in [1.29, 1.82) is 0 Å². The lowest BCUT2D eigenvalue weighted by Gasteiger charge is -2.21. The molecule has 0 saturated heterocycles. The van der Waals surface area contributed by atoms with Crippen LogP contribution < -0.4 is 0 Å². The molecule has 0 fully saturated rings. The number of aromatic nitrogens is 1. The van der Waals surface area contributed by atoms with E-state index in [0.717, 1.165) is 29.1 Å². The SMILES string of the molecule is C=C(C)CN(CC)C(=O)c1cc(C)n(Cc2cccs2)c1C. The Bertz CT molecular complexity index is 668. The number of likely N-dealkylation sites (N-methyl/N-ethyl adjacent to an activating group) is 1. The maximum absolute atomic E-state index is 12.8. The molecule has 0 aliphatic rings. The monoisotopic (exact) mass is 316 g/mol. The summed E-state index contributed by atoms with van der Waals surface area (Å²) >= 11 is 1.74. The number of carbonyl (C=O) groups is 1. The highest BCUT2D eigenvalue weighted by Gasteiger charge is 2.20. The molecule has 0 radical (unpaired) electrons. The molecule has 118 valence electrons. The van der Waals surface area contributed by atoms with Crippen molar-refractivity contribution >= 4 is 17.2 Å². The van der Waals surface area contributed by atoms with Crippen molar-refractivity contribution in [1.82, 2.24) is 9.47 Å². The Balaban J connectivity index is 2.28. The first-order valence-electron chi connectivity index (χ1n) is 7.56. The highest BCUT2D eigenvalue weighted by atomic mass is 32.1. The minimum atomic E-state index is 0.0935. The Labute approximate surface area is 136 Å². The van der Waals surface area contributed by atoms with E-state index in [-0.39, 0.29) is 5.91 Å². The van der Waals surface area contributed by atoms with Gasteiger partial charge in [0.25, 0.3) is 5.91 Å². The molecule has 1 amide bonds. The maximum Gasteiger partial charge on any atom is 0.255 e. The first kappa shape index (κ1) is 16.6. The van der Waals surface area contributed by atoms with Gasteiger partial charge in [0.2, 0.25) is 0 Å². The van der Waals surface area contributed by atoms with E-state index < -0.39 is 0 Å². The van der Waals surface area contributed by atoms with E-state index in [1.165, 1.54) is 4.88 Å². The number of amides is 1. The minimum Gasteiger partial charge on any atom is -0.343 e. The molecular weight excluding hydrogens is 292 g/mol. The second-order valence-electron chi connectivity index (χ2n) is 5.73. The van der Waals surface area contributed by atoms with Crippen LogP contribution in [0.1, 0.15) is 40.5 Å². The third-order valence-corrected chi connectivity index (χ3v) is 4.69. The highest BCUT2D eigenvalue weighted by molar-refractivity contribution is 7.09. The summed E-state index contributed by atoms with van der Waals surface area (Å²) in [5.41, 5.74) is 3.97. The zero-order chi connectivity index (χ0) is 16.3. The topological polar surface area (TPSA) is 25.2 Å². The summed E-state index contributed by atoms with van der Waals surface area (Å²) in [7, 11) is 0. The van der Waals surface area contributed by atoms with Crippen molar-refractivity contribution in [2.75, 3.05) is 13.1 Å². The lowest BCUT2D eigenvalue weighted by atomic mass is 10.2. The van der Waals surface area contributed by atoms with Gasteiger partial charge in [0.05, 0.1) is 12.1 Å². The summed E-state index contributed by atoms with van der Waals surface area (Å²) in [6, 6.07) is 6.20. The Hall–Kier alpha value is -1.81. The second kappa shape index (κ2) is 6.97. The lowest BCUT2D eigenvalue weighted by molar-refractivity contribution is 0.0777. The molecule has 0 saturated carbocycles. The Kier molecular flexibility index (Phi) is 5.24. The van der Waals surface area contributed by atoms with E-state index in [1.807, 2.05) is 31.7 Å². The number of nitrogens with zero attached hydrogens (tertiary/aromatic N) is 2. The first-order valence-corrected chi connectivity index (χ1v) is 8.44. The van der Waals surface area contributed by atoms with Gasteiger partial charge in [-0.05, 0) is 45.2 Å². The number of thiophene rings is 1. The molecule has 3 nitrogen and oxygen atoms in total. The minimum absolute atomic E-state index is 0.0935. The summed E-state index contributed by atoms with van der Waals surface area (Å²) in [5.74, 6) is 0.0935. The summed E-state index contributed by atoms with van der Waals surface area (Å²) in [6.07, 6.45) is 0. The van der Waals surface area contributed by atoms with Crippen LogP contribution in [0.3, 0.4) is 0 Å². The third-order valence-electron chi connectivity index (χ3n) is 3.83. The molecule has 0 aromatic carbocycles. The van der Waals surface area contributed by atoms with Gasteiger partial charge in [0, 0.05) is 29.4 Å². The van der Waals surface area contributed by atoms with Crippen LogP contribution in [0.5, 0.6) is 0 Å². The van der Waals surface area contributed by atoms with Gasteiger partial charge in [-0.25, -0.2) is 0 Å². The Morgan fingerprint density at radius 1 is 1.41 bits per heavy atom. The number of carbonyl (C=O) groups excluding carboxylic acids is 1. The van der Waals surface area contributed by atoms with Crippen LogP contribution >= 0.6 is 11.3 Å². The Morgan fingerprint density at radius 2 is 2.14 bits per heavy atom. The smallest absolute Gasteiger partial charge is 0.255 e. The van der Waals surface area contributed by atoms with E-state index >= 15 is 0 Å². The second-order valence-corrected chi connectivity index (χ2v) is 6.76. The number of hydrogen-bond acceptors (Lipinski definition) is 2. The summed E-state index contributed by atoms with van der Waals surface area (Å²) in [4.78, 5) is 15.9. The largest absolute Gasteiger partial charge is 0.343 e. The van der Waals surface area contributed by atoms with Gasteiger partial charge in [-0.3, -0.25) is 4.79 Å². The zero-order valence-electron chi connectivity index (χ0n) is 13.8. The van der Waals surface area contributed by atoms with Crippen LogP contribution in [-0.2, 0) is 6.54 Å². The average Bonchev–Trinajstić information content (AvgIpc) is 3.07. The normalized spacial score (nSPS) is 10.7. The van der Waals surface area contributed by atoms with E-state index in [2.05, 4.69) is 35.6 Å². The fraction of sp³-hybridized carbons (Fsp3) is 0.389. The number of hydrogen-bond donors (Lipinski definition) is 0. The molecule has 0 aliphatic heterocycles. The van der Waals surface area contributed by atoms with Crippen LogP contribution in [0.4, 0.5) is 0 Å². The van der Waals surface area contributed by atoms with Crippen molar-refractivity contribution in [3.63, 3.8) is 0 Å². The lowest BCUT2D eigenvalue weighted by Crippen LogP contribution is -2.32. The van der Waals surface area contributed by atoms with Gasteiger partial charge in [0.1, 0.15) is 0 Å². The molecular formula is C18H24N2OS. The fourth-order valence-electron chi connectivity index (χ4n) is 2.64. The standard InChI is InChI=1S/C18H24N2OS/c1-6-19(11-13(2)3)18(21)17-10-14(4)20(15(17)5)12-16-8-7-9-22-16/h7-10H,2,6,11-12H2,1,3-5H3. The zero-order valence-corrected chi connectivity index (χ0v) is 14.7. The molecule has 2 aromatic heterocycles. The Morgan fingerprint density at radius 3 is 2.68 bits per heavy atom. The molecule has 0 aliphatic carbocycles. The molecule has 0 spiro atoms. The molecule has 0 unspecified atom stereocenters. The first-order chi connectivity index (χ1) is 10.4. The molecule has 0 atom stereocenters. The highest BCUT2D eigenvalue weighted by Crippen LogP contribution is 2.20.